The van der Waals surface area contributed by atoms with Gasteiger partial charge in [0.2, 0.25) is 12.7 Å². The van der Waals surface area contributed by atoms with Crippen molar-refractivity contribution in [2.75, 3.05) is 18.7 Å². The number of carbonyl (C=O) groups excluding carboxylic acids is 1. The van der Waals surface area contributed by atoms with Gasteiger partial charge in [0.1, 0.15) is 0 Å². The maximum Gasteiger partial charge on any atom is 0.231 e. The molecule has 1 amide bonds. The number of ether oxygens (including phenoxy) is 2. The van der Waals surface area contributed by atoms with Crippen LogP contribution in [-0.4, -0.2) is 19.2 Å². The number of amides is 1. The van der Waals surface area contributed by atoms with Crippen molar-refractivity contribution < 1.29 is 14.3 Å². The van der Waals surface area contributed by atoms with E-state index in [0.29, 0.717) is 19.5 Å². The second kappa shape index (κ2) is 7.57. The summed E-state index contributed by atoms with van der Waals surface area (Å²) in [4.78, 5) is 11.9. The summed E-state index contributed by atoms with van der Waals surface area (Å²) in [5, 5.41) is 6.16. The van der Waals surface area contributed by atoms with Gasteiger partial charge in [0.25, 0.3) is 0 Å². The molecule has 24 heavy (non-hydrogen) atoms. The first-order chi connectivity index (χ1) is 11.6. The Balaban J connectivity index is 1.42. The Hall–Kier alpha value is -2.21. The lowest BCUT2D eigenvalue weighted by Crippen LogP contribution is -2.24. The Labute approximate surface area is 149 Å². The lowest BCUT2D eigenvalue weighted by atomic mass is 10.2. The zero-order valence-corrected chi connectivity index (χ0v) is 15.0. The molecule has 0 fully saturated rings. The zero-order valence-electron chi connectivity index (χ0n) is 13.4. The van der Waals surface area contributed by atoms with Crippen LogP contribution in [0.3, 0.4) is 0 Å². The topological polar surface area (TPSA) is 59.6 Å². The molecule has 0 radical (unpaired) electrons. The SMILES string of the molecule is Cc1ccc(NCCC(=O)NCc2ccc3c(c2)OCO3)cc1Br. The van der Waals surface area contributed by atoms with Gasteiger partial charge in [-0.15, -0.1) is 0 Å². The number of hydrogen-bond acceptors (Lipinski definition) is 4. The second-order valence-corrected chi connectivity index (χ2v) is 6.46. The molecule has 0 bridgehead atoms. The molecule has 0 atom stereocenters. The van der Waals surface area contributed by atoms with E-state index >= 15 is 0 Å². The van der Waals surface area contributed by atoms with Gasteiger partial charge in [0.05, 0.1) is 0 Å². The third-order valence-electron chi connectivity index (χ3n) is 3.78. The number of carbonyl (C=O) groups is 1. The number of hydrogen-bond donors (Lipinski definition) is 2. The van der Waals surface area contributed by atoms with E-state index < -0.39 is 0 Å². The molecule has 0 aliphatic carbocycles. The Morgan fingerprint density at radius 1 is 1.17 bits per heavy atom. The molecular weight excluding hydrogens is 372 g/mol. The van der Waals surface area contributed by atoms with E-state index in [1.165, 1.54) is 5.56 Å². The molecule has 1 aliphatic heterocycles. The fraction of sp³-hybridized carbons (Fsp3) is 0.278. The average Bonchev–Trinajstić information content (AvgIpc) is 3.04. The van der Waals surface area contributed by atoms with Crippen LogP contribution in [0.2, 0.25) is 0 Å². The smallest absolute Gasteiger partial charge is 0.231 e. The number of rotatable bonds is 6. The largest absolute Gasteiger partial charge is 0.454 e. The molecule has 0 unspecified atom stereocenters. The van der Waals surface area contributed by atoms with E-state index in [4.69, 9.17) is 9.47 Å². The van der Waals surface area contributed by atoms with Crippen LogP contribution in [0.4, 0.5) is 5.69 Å². The standard InChI is InChI=1S/C18H19BrN2O3/c1-12-2-4-14(9-15(12)19)20-7-6-18(22)21-10-13-3-5-16-17(8-13)24-11-23-16/h2-5,8-9,20H,6-7,10-11H2,1H3,(H,21,22). The minimum atomic E-state index is 0.00587. The summed E-state index contributed by atoms with van der Waals surface area (Å²) in [7, 11) is 0. The number of benzene rings is 2. The highest BCUT2D eigenvalue weighted by Gasteiger charge is 2.13. The van der Waals surface area contributed by atoms with Crippen molar-refractivity contribution in [3.8, 4) is 11.5 Å². The highest BCUT2D eigenvalue weighted by Crippen LogP contribution is 2.32. The maximum atomic E-state index is 11.9. The quantitative estimate of drug-likeness (QED) is 0.790. The summed E-state index contributed by atoms with van der Waals surface area (Å²) >= 11 is 3.50. The van der Waals surface area contributed by atoms with Crippen molar-refractivity contribution in [3.05, 3.63) is 52.0 Å². The van der Waals surface area contributed by atoms with Gasteiger partial charge in [-0.2, -0.15) is 0 Å². The molecule has 1 aliphatic rings. The van der Waals surface area contributed by atoms with Crippen LogP contribution in [0.5, 0.6) is 11.5 Å². The van der Waals surface area contributed by atoms with Crippen LogP contribution >= 0.6 is 15.9 Å². The molecule has 0 saturated carbocycles. The fourth-order valence-electron chi connectivity index (χ4n) is 2.36. The van der Waals surface area contributed by atoms with Gasteiger partial charge >= 0.3 is 0 Å². The van der Waals surface area contributed by atoms with Crippen LogP contribution in [0.25, 0.3) is 0 Å². The minimum absolute atomic E-state index is 0.00587. The van der Waals surface area contributed by atoms with E-state index in [1.807, 2.05) is 43.3 Å². The number of nitrogens with one attached hydrogen (secondary N) is 2. The van der Waals surface area contributed by atoms with Crippen LogP contribution < -0.4 is 20.1 Å². The van der Waals surface area contributed by atoms with Gasteiger partial charge in [0, 0.05) is 29.7 Å². The molecule has 1 heterocycles. The molecular formula is C18H19BrN2O3. The Morgan fingerprint density at radius 3 is 2.83 bits per heavy atom. The predicted octanol–water partition coefficient (Wildman–Crippen LogP) is 3.60. The molecule has 6 heteroatoms. The van der Waals surface area contributed by atoms with Gasteiger partial charge < -0.3 is 20.1 Å². The number of aryl methyl sites for hydroxylation is 1. The highest BCUT2D eigenvalue weighted by molar-refractivity contribution is 9.10. The maximum absolute atomic E-state index is 11.9. The van der Waals surface area contributed by atoms with Crippen LogP contribution in [0.1, 0.15) is 17.5 Å². The van der Waals surface area contributed by atoms with Crippen molar-refractivity contribution in [1.29, 1.82) is 0 Å². The van der Waals surface area contributed by atoms with Crippen LogP contribution in [-0.2, 0) is 11.3 Å². The van der Waals surface area contributed by atoms with Crippen LogP contribution in [0, 0.1) is 6.92 Å². The van der Waals surface area contributed by atoms with E-state index in [9.17, 15) is 4.79 Å². The lowest BCUT2D eigenvalue weighted by Gasteiger charge is -2.09. The van der Waals surface area contributed by atoms with E-state index in [0.717, 1.165) is 27.2 Å². The first-order valence-corrected chi connectivity index (χ1v) is 8.56. The molecule has 2 N–H and O–H groups in total. The molecule has 0 aromatic heterocycles. The monoisotopic (exact) mass is 390 g/mol. The van der Waals surface area contributed by atoms with E-state index in [-0.39, 0.29) is 12.7 Å². The average molecular weight is 391 g/mol. The first-order valence-electron chi connectivity index (χ1n) is 7.77. The summed E-state index contributed by atoms with van der Waals surface area (Å²) in [5.74, 6) is 1.48. The first kappa shape index (κ1) is 16.6. The van der Waals surface area contributed by atoms with Gasteiger partial charge in [-0.1, -0.05) is 28.1 Å². The normalized spacial score (nSPS) is 12.1. The molecule has 0 saturated heterocycles. The van der Waals surface area contributed by atoms with Crippen molar-refractivity contribution >= 4 is 27.5 Å². The molecule has 2 aromatic rings. The molecule has 5 nitrogen and oxygen atoms in total. The Kier molecular flexibility index (Phi) is 5.25. The minimum Gasteiger partial charge on any atom is -0.454 e. The van der Waals surface area contributed by atoms with Crippen molar-refractivity contribution in [2.45, 2.75) is 19.9 Å². The number of fused-ring (bicyclic) bond motifs is 1. The Bertz CT molecular complexity index is 749. The van der Waals surface area contributed by atoms with Gasteiger partial charge in [-0.3, -0.25) is 4.79 Å². The van der Waals surface area contributed by atoms with Crippen molar-refractivity contribution in [1.82, 2.24) is 5.32 Å². The van der Waals surface area contributed by atoms with Gasteiger partial charge in [-0.05, 0) is 42.3 Å². The molecule has 126 valence electrons. The summed E-state index contributed by atoms with van der Waals surface area (Å²) in [6, 6.07) is 11.7. The van der Waals surface area contributed by atoms with E-state index in [2.05, 4.69) is 26.6 Å². The Morgan fingerprint density at radius 2 is 2.00 bits per heavy atom. The summed E-state index contributed by atoms with van der Waals surface area (Å²) in [6.45, 7) is 3.36. The molecule has 3 rings (SSSR count). The highest BCUT2D eigenvalue weighted by atomic mass is 79.9. The van der Waals surface area contributed by atoms with Crippen molar-refractivity contribution in [3.63, 3.8) is 0 Å². The van der Waals surface area contributed by atoms with Gasteiger partial charge in [-0.25, -0.2) is 0 Å². The summed E-state index contributed by atoms with van der Waals surface area (Å²) < 4.78 is 11.7. The number of halogens is 1. The third kappa shape index (κ3) is 4.20. The van der Waals surface area contributed by atoms with Crippen LogP contribution in [0.15, 0.2) is 40.9 Å². The predicted molar refractivity (Wildman–Crippen MR) is 96.4 cm³/mol. The fourth-order valence-corrected chi connectivity index (χ4v) is 2.74. The molecule has 2 aromatic carbocycles. The summed E-state index contributed by atoms with van der Waals surface area (Å²) in [5.41, 5.74) is 3.17. The third-order valence-corrected chi connectivity index (χ3v) is 4.63. The number of anilines is 1. The molecule has 0 spiro atoms. The van der Waals surface area contributed by atoms with E-state index in [1.54, 1.807) is 0 Å². The van der Waals surface area contributed by atoms with Gasteiger partial charge in [0.15, 0.2) is 11.5 Å². The van der Waals surface area contributed by atoms with Crippen molar-refractivity contribution in [2.24, 2.45) is 0 Å². The second-order valence-electron chi connectivity index (χ2n) is 5.61. The lowest BCUT2D eigenvalue weighted by molar-refractivity contribution is -0.121. The zero-order chi connectivity index (χ0) is 16.9. The summed E-state index contributed by atoms with van der Waals surface area (Å²) in [6.07, 6.45) is 0.413.